The summed E-state index contributed by atoms with van der Waals surface area (Å²) >= 11 is 0. The topological polar surface area (TPSA) is 93.7 Å². The molecule has 0 bridgehead atoms. The second-order valence-corrected chi connectivity index (χ2v) is 7.56. The third-order valence-electron chi connectivity index (χ3n) is 5.28. The number of anilines is 2. The number of hydrogen-bond acceptors (Lipinski definition) is 6. The Bertz CT molecular complexity index is 1120. The van der Waals surface area contributed by atoms with Crippen LogP contribution in [0.4, 0.5) is 11.5 Å². The molecule has 1 saturated heterocycles. The van der Waals surface area contributed by atoms with Crippen LogP contribution in [-0.4, -0.2) is 35.4 Å². The van der Waals surface area contributed by atoms with Gasteiger partial charge >= 0.3 is 0 Å². The lowest BCUT2D eigenvalue weighted by molar-refractivity contribution is -0.122. The van der Waals surface area contributed by atoms with Gasteiger partial charge in [0.25, 0.3) is 0 Å². The summed E-state index contributed by atoms with van der Waals surface area (Å²) in [7, 11) is 1.56. The quantitative estimate of drug-likeness (QED) is 0.615. The Balaban J connectivity index is 1.45. The van der Waals surface area contributed by atoms with Crippen LogP contribution >= 0.6 is 0 Å². The second-order valence-electron chi connectivity index (χ2n) is 7.56. The number of benzene rings is 1. The van der Waals surface area contributed by atoms with Gasteiger partial charge in [0.1, 0.15) is 12.4 Å². The molecule has 3 heterocycles. The molecule has 164 valence electrons. The molecule has 1 aromatic carbocycles. The van der Waals surface area contributed by atoms with Crippen molar-refractivity contribution in [2.45, 2.75) is 20.0 Å². The number of pyridine rings is 2. The summed E-state index contributed by atoms with van der Waals surface area (Å²) < 4.78 is 11.2. The van der Waals surface area contributed by atoms with E-state index in [9.17, 15) is 9.59 Å². The van der Waals surface area contributed by atoms with Crippen molar-refractivity contribution in [3.63, 3.8) is 0 Å². The lowest BCUT2D eigenvalue weighted by Crippen LogP contribution is -2.28. The Morgan fingerprint density at radius 3 is 2.75 bits per heavy atom. The third-order valence-corrected chi connectivity index (χ3v) is 5.28. The first-order valence-electron chi connectivity index (χ1n) is 10.3. The molecule has 3 aromatic rings. The summed E-state index contributed by atoms with van der Waals surface area (Å²) in [5.74, 6) is 0.471. The maximum Gasteiger partial charge on any atom is 0.231 e. The highest BCUT2D eigenvalue weighted by molar-refractivity contribution is 6.04. The number of aromatic nitrogens is 2. The first kappa shape index (κ1) is 21.3. The molecule has 2 amide bonds. The van der Waals surface area contributed by atoms with Crippen molar-refractivity contribution in [3.8, 4) is 11.5 Å². The van der Waals surface area contributed by atoms with E-state index in [2.05, 4.69) is 15.3 Å². The van der Waals surface area contributed by atoms with Crippen LogP contribution in [0.25, 0.3) is 0 Å². The van der Waals surface area contributed by atoms with E-state index >= 15 is 0 Å². The van der Waals surface area contributed by atoms with Gasteiger partial charge in [-0.3, -0.25) is 14.6 Å². The molecule has 0 saturated carbocycles. The molecule has 1 fully saturated rings. The van der Waals surface area contributed by atoms with Crippen molar-refractivity contribution < 1.29 is 19.1 Å². The highest BCUT2D eigenvalue weighted by Crippen LogP contribution is 2.34. The maximum atomic E-state index is 13.0. The molecule has 1 aliphatic rings. The molecule has 8 nitrogen and oxygen atoms in total. The van der Waals surface area contributed by atoms with Crippen LogP contribution in [0.2, 0.25) is 0 Å². The van der Waals surface area contributed by atoms with Gasteiger partial charge < -0.3 is 19.7 Å². The monoisotopic (exact) mass is 432 g/mol. The zero-order valence-electron chi connectivity index (χ0n) is 17.9. The number of hydrogen-bond donors (Lipinski definition) is 1. The summed E-state index contributed by atoms with van der Waals surface area (Å²) in [5, 5.41) is 2.82. The van der Waals surface area contributed by atoms with E-state index in [-0.39, 0.29) is 24.8 Å². The SMILES string of the molecule is COc1ccc(C)cc1N1CC(C(=O)Nc2ncccc2OCc2ccncc2)CC1=O. The number of nitrogens with zero attached hydrogens (tertiary/aromatic N) is 3. The second kappa shape index (κ2) is 9.47. The zero-order valence-corrected chi connectivity index (χ0v) is 17.9. The Labute approximate surface area is 186 Å². The number of methoxy groups -OCH3 is 1. The van der Waals surface area contributed by atoms with Crippen LogP contribution in [0.15, 0.2) is 61.1 Å². The van der Waals surface area contributed by atoms with Crippen molar-refractivity contribution in [2.24, 2.45) is 5.92 Å². The summed E-state index contributed by atoms with van der Waals surface area (Å²) in [6.07, 6.45) is 5.08. The molecular formula is C24H24N4O4. The van der Waals surface area contributed by atoms with E-state index in [0.717, 1.165) is 11.1 Å². The number of ether oxygens (including phenoxy) is 2. The molecule has 8 heteroatoms. The molecule has 1 N–H and O–H groups in total. The molecule has 0 aliphatic carbocycles. The lowest BCUT2D eigenvalue weighted by Gasteiger charge is -2.20. The van der Waals surface area contributed by atoms with Crippen molar-refractivity contribution in [2.75, 3.05) is 23.9 Å². The van der Waals surface area contributed by atoms with Crippen LogP contribution in [0, 0.1) is 12.8 Å². The van der Waals surface area contributed by atoms with Gasteiger partial charge in [-0.15, -0.1) is 0 Å². The summed E-state index contributed by atoms with van der Waals surface area (Å²) in [4.78, 5) is 35.5. The van der Waals surface area contributed by atoms with Gasteiger partial charge in [-0.2, -0.15) is 0 Å². The molecule has 32 heavy (non-hydrogen) atoms. The van der Waals surface area contributed by atoms with E-state index in [1.54, 1.807) is 42.7 Å². The van der Waals surface area contributed by atoms with Crippen LogP contribution in [0.3, 0.4) is 0 Å². The minimum Gasteiger partial charge on any atom is -0.495 e. The van der Waals surface area contributed by atoms with E-state index in [4.69, 9.17) is 9.47 Å². The highest BCUT2D eigenvalue weighted by atomic mass is 16.5. The number of amides is 2. The van der Waals surface area contributed by atoms with Gasteiger partial charge in [0, 0.05) is 31.6 Å². The number of carbonyl (C=O) groups is 2. The van der Waals surface area contributed by atoms with Gasteiger partial charge in [0.2, 0.25) is 11.8 Å². The van der Waals surface area contributed by atoms with Crippen molar-refractivity contribution in [1.82, 2.24) is 9.97 Å². The fraction of sp³-hybridized carbons (Fsp3) is 0.250. The van der Waals surface area contributed by atoms with Crippen LogP contribution in [-0.2, 0) is 16.2 Å². The fourth-order valence-corrected chi connectivity index (χ4v) is 3.59. The third kappa shape index (κ3) is 4.69. The van der Waals surface area contributed by atoms with E-state index in [1.165, 1.54) is 0 Å². The van der Waals surface area contributed by atoms with E-state index in [0.29, 0.717) is 29.6 Å². The predicted molar refractivity (Wildman–Crippen MR) is 120 cm³/mol. The number of nitrogens with one attached hydrogen (secondary N) is 1. The lowest BCUT2D eigenvalue weighted by atomic mass is 10.1. The molecule has 4 rings (SSSR count). The summed E-state index contributed by atoms with van der Waals surface area (Å²) in [5.41, 5.74) is 2.63. The first-order valence-corrected chi connectivity index (χ1v) is 10.3. The molecule has 2 aromatic heterocycles. The Morgan fingerprint density at radius 1 is 1.16 bits per heavy atom. The highest BCUT2D eigenvalue weighted by Gasteiger charge is 2.36. The minimum absolute atomic E-state index is 0.114. The van der Waals surface area contributed by atoms with E-state index < -0.39 is 5.92 Å². The Hall–Kier alpha value is -3.94. The maximum absolute atomic E-state index is 13.0. The number of aryl methyl sites for hydroxylation is 1. The molecular weight excluding hydrogens is 408 g/mol. The first-order chi connectivity index (χ1) is 15.5. The average Bonchev–Trinajstić information content (AvgIpc) is 3.20. The summed E-state index contributed by atoms with van der Waals surface area (Å²) in [6, 6.07) is 12.8. The van der Waals surface area contributed by atoms with Crippen molar-refractivity contribution in [3.05, 3.63) is 72.2 Å². The van der Waals surface area contributed by atoms with Gasteiger partial charge in [-0.25, -0.2) is 4.98 Å². The molecule has 0 radical (unpaired) electrons. The minimum atomic E-state index is -0.511. The smallest absolute Gasteiger partial charge is 0.231 e. The Morgan fingerprint density at radius 2 is 1.97 bits per heavy atom. The fourth-order valence-electron chi connectivity index (χ4n) is 3.59. The van der Waals surface area contributed by atoms with Crippen molar-refractivity contribution in [1.29, 1.82) is 0 Å². The number of rotatable bonds is 7. The standard InChI is InChI=1S/C24H24N4O4/c1-16-5-6-20(31-2)19(12-16)28-14-18(13-22(28)29)24(30)27-23-21(4-3-9-26-23)32-15-17-7-10-25-11-8-17/h3-12,18H,13-15H2,1-2H3,(H,26,27,30). The zero-order chi connectivity index (χ0) is 22.5. The van der Waals surface area contributed by atoms with Crippen molar-refractivity contribution >= 4 is 23.3 Å². The molecule has 0 spiro atoms. The molecule has 1 atom stereocenters. The normalized spacial score (nSPS) is 15.5. The summed E-state index contributed by atoms with van der Waals surface area (Å²) in [6.45, 7) is 2.53. The van der Waals surface area contributed by atoms with Crippen LogP contribution in [0.1, 0.15) is 17.5 Å². The molecule has 1 unspecified atom stereocenters. The van der Waals surface area contributed by atoms with Crippen LogP contribution < -0.4 is 19.7 Å². The van der Waals surface area contributed by atoms with Gasteiger partial charge in [-0.1, -0.05) is 6.07 Å². The predicted octanol–water partition coefficient (Wildman–Crippen LogP) is 3.36. The van der Waals surface area contributed by atoms with Gasteiger partial charge in [0.15, 0.2) is 11.6 Å². The van der Waals surface area contributed by atoms with Gasteiger partial charge in [0.05, 0.1) is 18.7 Å². The van der Waals surface area contributed by atoms with Crippen LogP contribution in [0.5, 0.6) is 11.5 Å². The van der Waals surface area contributed by atoms with Gasteiger partial charge in [-0.05, 0) is 54.4 Å². The average molecular weight is 432 g/mol. The number of carbonyl (C=O) groups excluding carboxylic acids is 2. The largest absolute Gasteiger partial charge is 0.495 e. The molecule has 1 aliphatic heterocycles. The van der Waals surface area contributed by atoms with E-state index in [1.807, 2.05) is 37.3 Å². The Kier molecular flexibility index (Phi) is 6.30.